The van der Waals surface area contributed by atoms with Gasteiger partial charge in [0.15, 0.2) is 0 Å². The molecule has 1 aliphatic carbocycles. The van der Waals surface area contributed by atoms with Crippen molar-refractivity contribution in [2.45, 2.75) is 64.6 Å². The molecular weight excluding hydrogens is 256 g/mol. The number of piperidine rings is 1. The Balaban J connectivity index is 1.60. The number of hydrogen-bond acceptors (Lipinski definition) is 2. The normalized spacial score (nSPS) is 27.0. The summed E-state index contributed by atoms with van der Waals surface area (Å²) in [6.07, 6.45) is 6.68. The SMILES string of the molecule is CC1CCC(C)N(Cc2ccccc2CCNC2CC2)C1. The van der Waals surface area contributed by atoms with Crippen LogP contribution in [-0.4, -0.2) is 30.1 Å². The van der Waals surface area contributed by atoms with Gasteiger partial charge in [0.1, 0.15) is 0 Å². The van der Waals surface area contributed by atoms with Crippen molar-refractivity contribution in [1.29, 1.82) is 0 Å². The van der Waals surface area contributed by atoms with Crippen molar-refractivity contribution in [1.82, 2.24) is 10.2 Å². The summed E-state index contributed by atoms with van der Waals surface area (Å²) in [6.45, 7) is 8.31. The minimum absolute atomic E-state index is 0.735. The molecule has 1 aliphatic heterocycles. The van der Waals surface area contributed by atoms with Gasteiger partial charge in [-0.1, -0.05) is 31.2 Å². The summed E-state index contributed by atoms with van der Waals surface area (Å²) in [5.74, 6) is 0.852. The van der Waals surface area contributed by atoms with Gasteiger partial charge in [-0.05, 0) is 62.6 Å². The van der Waals surface area contributed by atoms with Crippen LogP contribution in [0.4, 0.5) is 0 Å². The molecule has 0 spiro atoms. The molecule has 21 heavy (non-hydrogen) atoms. The number of nitrogens with zero attached hydrogens (tertiary/aromatic N) is 1. The molecule has 3 rings (SSSR count). The second-order valence-electron chi connectivity index (χ2n) is 7.21. The molecule has 1 saturated carbocycles. The van der Waals surface area contributed by atoms with E-state index in [9.17, 15) is 0 Å². The zero-order valence-electron chi connectivity index (χ0n) is 13.6. The van der Waals surface area contributed by atoms with Crippen LogP contribution in [-0.2, 0) is 13.0 Å². The first kappa shape index (κ1) is 15.1. The smallest absolute Gasteiger partial charge is 0.0239 e. The van der Waals surface area contributed by atoms with E-state index in [4.69, 9.17) is 0 Å². The molecule has 2 heteroatoms. The number of hydrogen-bond donors (Lipinski definition) is 1. The number of likely N-dealkylation sites (tertiary alicyclic amines) is 1. The highest BCUT2D eigenvalue weighted by atomic mass is 15.2. The molecule has 1 aromatic carbocycles. The third-order valence-electron chi connectivity index (χ3n) is 5.14. The molecule has 2 aliphatic rings. The van der Waals surface area contributed by atoms with Crippen LogP contribution in [0.15, 0.2) is 24.3 Å². The molecule has 1 heterocycles. The van der Waals surface area contributed by atoms with Crippen molar-refractivity contribution in [2.75, 3.05) is 13.1 Å². The lowest BCUT2D eigenvalue weighted by Crippen LogP contribution is -2.40. The molecular formula is C19H30N2. The van der Waals surface area contributed by atoms with Gasteiger partial charge >= 0.3 is 0 Å². The van der Waals surface area contributed by atoms with Crippen LogP contribution < -0.4 is 5.32 Å². The second-order valence-corrected chi connectivity index (χ2v) is 7.21. The first-order chi connectivity index (χ1) is 10.2. The van der Waals surface area contributed by atoms with E-state index in [0.717, 1.165) is 31.1 Å². The van der Waals surface area contributed by atoms with Crippen molar-refractivity contribution in [3.05, 3.63) is 35.4 Å². The topological polar surface area (TPSA) is 15.3 Å². The van der Waals surface area contributed by atoms with Crippen molar-refractivity contribution in [3.63, 3.8) is 0 Å². The van der Waals surface area contributed by atoms with E-state index in [1.807, 2.05) is 0 Å². The highest BCUT2D eigenvalue weighted by molar-refractivity contribution is 5.27. The lowest BCUT2D eigenvalue weighted by molar-refractivity contribution is 0.117. The third-order valence-corrected chi connectivity index (χ3v) is 5.14. The lowest BCUT2D eigenvalue weighted by atomic mass is 9.94. The minimum Gasteiger partial charge on any atom is -0.314 e. The first-order valence-corrected chi connectivity index (χ1v) is 8.76. The summed E-state index contributed by atoms with van der Waals surface area (Å²) in [5, 5.41) is 3.64. The van der Waals surface area contributed by atoms with E-state index in [1.54, 1.807) is 0 Å². The van der Waals surface area contributed by atoms with Crippen LogP contribution in [0.25, 0.3) is 0 Å². The Kier molecular flexibility index (Phi) is 4.97. The molecule has 2 nitrogen and oxygen atoms in total. The van der Waals surface area contributed by atoms with Gasteiger partial charge in [-0.3, -0.25) is 4.90 Å². The Bertz CT molecular complexity index is 453. The summed E-state index contributed by atoms with van der Waals surface area (Å²) in [6, 6.07) is 10.6. The van der Waals surface area contributed by atoms with Crippen LogP contribution in [0.3, 0.4) is 0 Å². The highest BCUT2D eigenvalue weighted by Gasteiger charge is 2.23. The van der Waals surface area contributed by atoms with Crippen LogP contribution in [0.2, 0.25) is 0 Å². The summed E-state index contributed by atoms with van der Waals surface area (Å²) in [7, 11) is 0. The molecule has 1 N–H and O–H groups in total. The van der Waals surface area contributed by atoms with Gasteiger partial charge in [0.05, 0.1) is 0 Å². The van der Waals surface area contributed by atoms with E-state index >= 15 is 0 Å². The lowest BCUT2D eigenvalue weighted by Gasteiger charge is -2.37. The maximum Gasteiger partial charge on any atom is 0.0239 e. The molecule has 116 valence electrons. The molecule has 0 amide bonds. The number of nitrogens with one attached hydrogen (secondary N) is 1. The van der Waals surface area contributed by atoms with Gasteiger partial charge < -0.3 is 5.32 Å². The Labute approximate surface area is 129 Å². The molecule has 0 radical (unpaired) electrons. The molecule has 1 saturated heterocycles. The predicted octanol–water partition coefficient (Wildman–Crippen LogP) is 3.60. The van der Waals surface area contributed by atoms with Gasteiger partial charge in [0, 0.05) is 25.2 Å². The van der Waals surface area contributed by atoms with Gasteiger partial charge in [-0.15, -0.1) is 0 Å². The summed E-state index contributed by atoms with van der Waals surface area (Å²) < 4.78 is 0. The number of benzene rings is 1. The molecule has 2 unspecified atom stereocenters. The van der Waals surface area contributed by atoms with Crippen molar-refractivity contribution >= 4 is 0 Å². The number of rotatable bonds is 6. The van der Waals surface area contributed by atoms with Crippen LogP contribution in [0.5, 0.6) is 0 Å². The van der Waals surface area contributed by atoms with Gasteiger partial charge in [-0.25, -0.2) is 0 Å². The van der Waals surface area contributed by atoms with Crippen molar-refractivity contribution in [3.8, 4) is 0 Å². The van der Waals surface area contributed by atoms with Gasteiger partial charge in [0.25, 0.3) is 0 Å². The van der Waals surface area contributed by atoms with Crippen molar-refractivity contribution in [2.24, 2.45) is 5.92 Å². The van der Waals surface area contributed by atoms with Crippen molar-refractivity contribution < 1.29 is 0 Å². The first-order valence-electron chi connectivity index (χ1n) is 8.76. The Morgan fingerprint density at radius 3 is 2.57 bits per heavy atom. The average molecular weight is 286 g/mol. The molecule has 0 aromatic heterocycles. The molecule has 0 bridgehead atoms. The van der Waals surface area contributed by atoms with E-state index in [-0.39, 0.29) is 0 Å². The maximum absolute atomic E-state index is 3.64. The summed E-state index contributed by atoms with van der Waals surface area (Å²) >= 11 is 0. The average Bonchev–Trinajstić information content (AvgIpc) is 3.29. The molecule has 1 aromatic rings. The fourth-order valence-electron chi connectivity index (χ4n) is 3.47. The molecule has 2 atom stereocenters. The van der Waals surface area contributed by atoms with Crippen LogP contribution >= 0.6 is 0 Å². The zero-order chi connectivity index (χ0) is 14.7. The van der Waals surface area contributed by atoms with Crippen LogP contribution in [0.1, 0.15) is 50.7 Å². The summed E-state index contributed by atoms with van der Waals surface area (Å²) in [4.78, 5) is 2.68. The van der Waals surface area contributed by atoms with E-state index in [1.165, 1.54) is 49.8 Å². The standard InChI is InChI=1S/C19H30N2/c1-15-7-8-16(2)21(13-15)14-18-6-4-3-5-17(18)11-12-20-19-9-10-19/h3-6,15-16,19-20H,7-14H2,1-2H3. The van der Waals surface area contributed by atoms with Crippen LogP contribution in [0, 0.1) is 5.92 Å². The van der Waals surface area contributed by atoms with E-state index in [2.05, 4.69) is 48.3 Å². The largest absolute Gasteiger partial charge is 0.314 e. The highest BCUT2D eigenvalue weighted by Crippen LogP contribution is 2.24. The fourth-order valence-corrected chi connectivity index (χ4v) is 3.47. The minimum atomic E-state index is 0.735. The Morgan fingerprint density at radius 1 is 1.05 bits per heavy atom. The summed E-state index contributed by atoms with van der Waals surface area (Å²) in [5.41, 5.74) is 3.08. The van der Waals surface area contributed by atoms with E-state index < -0.39 is 0 Å². The Hall–Kier alpha value is -0.860. The third kappa shape index (κ3) is 4.31. The fraction of sp³-hybridized carbons (Fsp3) is 0.684. The quantitative estimate of drug-likeness (QED) is 0.859. The molecule has 2 fully saturated rings. The van der Waals surface area contributed by atoms with Gasteiger partial charge in [-0.2, -0.15) is 0 Å². The van der Waals surface area contributed by atoms with E-state index in [0.29, 0.717) is 0 Å². The monoisotopic (exact) mass is 286 g/mol. The van der Waals surface area contributed by atoms with Gasteiger partial charge in [0.2, 0.25) is 0 Å². The second kappa shape index (κ2) is 6.93. The predicted molar refractivity (Wildman–Crippen MR) is 89.4 cm³/mol. The Morgan fingerprint density at radius 2 is 1.81 bits per heavy atom. The zero-order valence-corrected chi connectivity index (χ0v) is 13.6. The maximum atomic E-state index is 3.64.